The number of aliphatic carboxylic acids is 1. The highest BCUT2D eigenvalue weighted by atomic mass is 16.4. The predicted octanol–water partition coefficient (Wildman–Crippen LogP) is 2.49. The van der Waals surface area contributed by atoms with Crippen LogP contribution in [-0.4, -0.2) is 22.1 Å². The number of carboxylic acid groups (broad SMARTS) is 1. The van der Waals surface area contributed by atoms with Crippen LogP contribution in [0.25, 0.3) is 10.9 Å². The third-order valence-electron chi connectivity index (χ3n) is 3.36. The van der Waals surface area contributed by atoms with E-state index in [0.717, 1.165) is 10.9 Å². The molecule has 1 aromatic heterocycles. The number of carbonyl (C=O) groups is 1. The number of nitrogens with two attached hydrogens (primary N) is 1. The van der Waals surface area contributed by atoms with Gasteiger partial charge in [-0.2, -0.15) is 0 Å². The Morgan fingerprint density at radius 2 is 2.00 bits per heavy atom. The van der Waals surface area contributed by atoms with Crippen molar-refractivity contribution >= 4 is 16.9 Å². The molecule has 0 aliphatic rings. The zero-order valence-electron chi connectivity index (χ0n) is 12.1. The van der Waals surface area contributed by atoms with Gasteiger partial charge in [0.05, 0.1) is 5.52 Å². The van der Waals surface area contributed by atoms with Crippen molar-refractivity contribution in [1.29, 1.82) is 0 Å². The van der Waals surface area contributed by atoms with Crippen LogP contribution in [0.4, 0.5) is 0 Å². The maximum atomic E-state index is 10.8. The molecule has 0 spiro atoms. The van der Waals surface area contributed by atoms with Crippen molar-refractivity contribution in [3.05, 3.63) is 41.6 Å². The molecule has 1 unspecified atom stereocenters. The maximum absolute atomic E-state index is 10.8. The van der Waals surface area contributed by atoms with Crippen molar-refractivity contribution in [2.45, 2.75) is 38.6 Å². The molecule has 0 amide bonds. The average Bonchev–Trinajstić information content (AvgIpc) is 2.36. The molecule has 1 heterocycles. The Labute approximate surface area is 118 Å². The lowest BCUT2D eigenvalue weighted by molar-refractivity contribution is -0.138. The first-order valence-electron chi connectivity index (χ1n) is 6.66. The molecule has 0 fully saturated rings. The number of pyridine rings is 1. The fourth-order valence-corrected chi connectivity index (χ4v) is 2.06. The first kappa shape index (κ1) is 14.5. The molecule has 20 heavy (non-hydrogen) atoms. The quantitative estimate of drug-likeness (QED) is 0.900. The predicted molar refractivity (Wildman–Crippen MR) is 79.8 cm³/mol. The van der Waals surface area contributed by atoms with Crippen molar-refractivity contribution in [2.24, 2.45) is 5.73 Å². The van der Waals surface area contributed by atoms with Gasteiger partial charge >= 0.3 is 5.97 Å². The Morgan fingerprint density at radius 3 is 2.60 bits per heavy atom. The van der Waals surface area contributed by atoms with E-state index in [1.165, 1.54) is 5.56 Å². The summed E-state index contributed by atoms with van der Waals surface area (Å²) in [7, 11) is 0. The fourth-order valence-electron chi connectivity index (χ4n) is 2.06. The number of rotatable bonds is 3. The molecule has 4 heteroatoms. The van der Waals surface area contributed by atoms with Gasteiger partial charge in [0.2, 0.25) is 0 Å². The van der Waals surface area contributed by atoms with Gasteiger partial charge in [0, 0.05) is 17.5 Å². The topological polar surface area (TPSA) is 76.2 Å². The van der Waals surface area contributed by atoms with Crippen LogP contribution in [0.2, 0.25) is 0 Å². The molecule has 1 atom stereocenters. The normalized spacial score (nSPS) is 13.4. The summed E-state index contributed by atoms with van der Waals surface area (Å²) in [6.07, 6.45) is 0.242. The number of aromatic nitrogens is 1. The number of nitrogens with zero attached hydrogens (tertiary/aromatic N) is 1. The molecule has 0 saturated carbocycles. The Balaban J connectivity index is 2.34. The minimum Gasteiger partial charge on any atom is -0.480 e. The zero-order chi connectivity index (χ0) is 14.9. The number of fused-ring (bicyclic) bond motifs is 1. The minimum atomic E-state index is -1.00. The summed E-state index contributed by atoms with van der Waals surface area (Å²) >= 11 is 0. The first-order chi connectivity index (χ1) is 9.27. The third-order valence-corrected chi connectivity index (χ3v) is 3.36. The molecular weight excluding hydrogens is 252 g/mol. The molecule has 0 saturated heterocycles. The second-order valence-electron chi connectivity index (χ2n) is 6.11. The molecule has 2 rings (SSSR count). The van der Waals surface area contributed by atoms with Crippen molar-refractivity contribution in [3.8, 4) is 0 Å². The van der Waals surface area contributed by atoms with E-state index in [1.54, 1.807) is 0 Å². The van der Waals surface area contributed by atoms with E-state index in [4.69, 9.17) is 10.8 Å². The van der Waals surface area contributed by atoms with Gasteiger partial charge in [-0.25, -0.2) is 0 Å². The summed E-state index contributed by atoms with van der Waals surface area (Å²) in [6.45, 7) is 6.51. The zero-order valence-corrected chi connectivity index (χ0v) is 12.1. The summed E-state index contributed by atoms with van der Waals surface area (Å²) in [6, 6.07) is 9.08. The van der Waals surface area contributed by atoms with Crippen LogP contribution in [0.1, 0.15) is 32.0 Å². The van der Waals surface area contributed by atoms with Crippen molar-refractivity contribution in [2.75, 3.05) is 0 Å². The molecule has 0 aliphatic carbocycles. The van der Waals surface area contributed by atoms with Gasteiger partial charge < -0.3 is 10.8 Å². The number of carboxylic acids is 1. The molecule has 3 N–H and O–H groups in total. The Morgan fingerprint density at radius 1 is 1.30 bits per heavy atom. The molecule has 1 aromatic carbocycles. The Bertz CT molecular complexity index is 644. The number of hydrogen-bond donors (Lipinski definition) is 2. The average molecular weight is 272 g/mol. The summed E-state index contributed by atoms with van der Waals surface area (Å²) in [4.78, 5) is 15.2. The SMILES string of the molecule is CC(C)(C)c1ccc2nc(CC(N)C(=O)O)ccc2c1. The number of benzene rings is 1. The second-order valence-corrected chi connectivity index (χ2v) is 6.11. The van der Waals surface area contributed by atoms with E-state index < -0.39 is 12.0 Å². The number of hydrogen-bond acceptors (Lipinski definition) is 3. The van der Waals surface area contributed by atoms with Crippen LogP contribution in [-0.2, 0) is 16.6 Å². The van der Waals surface area contributed by atoms with Gasteiger partial charge in [-0.15, -0.1) is 0 Å². The van der Waals surface area contributed by atoms with Crippen molar-refractivity contribution in [1.82, 2.24) is 4.98 Å². The standard InChI is InChI=1S/C16H20N2O2/c1-16(2,3)11-5-7-14-10(8-11)4-6-12(18-14)9-13(17)15(19)20/h4-8,13H,9,17H2,1-3H3,(H,19,20). The van der Waals surface area contributed by atoms with Crippen LogP contribution < -0.4 is 5.73 Å². The first-order valence-corrected chi connectivity index (χ1v) is 6.66. The fraction of sp³-hybridized carbons (Fsp3) is 0.375. The van der Waals surface area contributed by atoms with E-state index in [2.05, 4.69) is 37.9 Å². The highest BCUT2D eigenvalue weighted by Crippen LogP contribution is 2.25. The van der Waals surface area contributed by atoms with E-state index >= 15 is 0 Å². The van der Waals surface area contributed by atoms with Gasteiger partial charge in [-0.05, 0) is 29.2 Å². The van der Waals surface area contributed by atoms with E-state index in [0.29, 0.717) is 5.69 Å². The lowest BCUT2D eigenvalue weighted by Crippen LogP contribution is -2.32. The molecule has 0 aliphatic heterocycles. The monoisotopic (exact) mass is 272 g/mol. The summed E-state index contributed by atoms with van der Waals surface area (Å²) in [5.41, 5.74) is 8.45. The third kappa shape index (κ3) is 3.14. The summed E-state index contributed by atoms with van der Waals surface area (Å²) < 4.78 is 0. The highest BCUT2D eigenvalue weighted by molar-refractivity contribution is 5.80. The molecular formula is C16H20N2O2. The van der Waals surface area contributed by atoms with Gasteiger partial charge in [-0.3, -0.25) is 9.78 Å². The van der Waals surface area contributed by atoms with Gasteiger partial charge in [0.25, 0.3) is 0 Å². The second kappa shape index (κ2) is 5.21. The molecule has 0 bridgehead atoms. The van der Waals surface area contributed by atoms with Gasteiger partial charge in [-0.1, -0.05) is 32.9 Å². The van der Waals surface area contributed by atoms with Crippen LogP contribution in [0.3, 0.4) is 0 Å². The molecule has 0 radical (unpaired) electrons. The molecule has 4 nitrogen and oxygen atoms in total. The van der Waals surface area contributed by atoms with E-state index in [9.17, 15) is 4.79 Å². The highest BCUT2D eigenvalue weighted by Gasteiger charge is 2.15. The lowest BCUT2D eigenvalue weighted by atomic mass is 9.86. The Hall–Kier alpha value is -1.94. The molecule has 106 valence electrons. The smallest absolute Gasteiger partial charge is 0.320 e. The minimum absolute atomic E-state index is 0.0958. The summed E-state index contributed by atoms with van der Waals surface area (Å²) in [5.74, 6) is -1.00. The van der Waals surface area contributed by atoms with Gasteiger partial charge in [0.1, 0.15) is 6.04 Å². The summed E-state index contributed by atoms with van der Waals surface area (Å²) in [5, 5.41) is 9.89. The molecule has 2 aromatic rings. The Kier molecular flexibility index (Phi) is 3.77. The van der Waals surface area contributed by atoms with Crippen LogP contribution in [0.5, 0.6) is 0 Å². The van der Waals surface area contributed by atoms with Crippen LogP contribution in [0, 0.1) is 0 Å². The largest absolute Gasteiger partial charge is 0.480 e. The van der Waals surface area contributed by atoms with E-state index in [1.807, 2.05) is 18.2 Å². The van der Waals surface area contributed by atoms with Crippen molar-refractivity contribution < 1.29 is 9.90 Å². The lowest BCUT2D eigenvalue weighted by Gasteiger charge is -2.19. The van der Waals surface area contributed by atoms with Gasteiger partial charge in [0.15, 0.2) is 0 Å². The van der Waals surface area contributed by atoms with Crippen molar-refractivity contribution in [3.63, 3.8) is 0 Å². The van der Waals surface area contributed by atoms with E-state index in [-0.39, 0.29) is 11.8 Å². The van der Waals surface area contributed by atoms with Crippen LogP contribution >= 0.6 is 0 Å². The maximum Gasteiger partial charge on any atom is 0.320 e. The van der Waals surface area contributed by atoms with Crippen LogP contribution in [0.15, 0.2) is 30.3 Å².